The summed E-state index contributed by atoms with van der Waals surface area (Å²) < 4.78 is 13.5. The average molecular weight is 493 g/mol. The number of hydrogen-bond donors (Lipinski definition) is 2. The Labute approximate surface area is 216 Å². The van der Waals surface area contributed by atoms with E-state index in [0.29, 0.717) is 11.5 Å². The summed E-state index contributed by atoms with van der Waals surface area (Å²) in [7, 11) is 0. The van der Waals surface area contributed by atoms with Crippen LogP contribution in [0.5, 0.6) is 0 Å². The number of aromatic nitrogens is 1. The second-order valence-corrected chi connectivity index (χ2v) is 9.92. The Bertz CT molecular complexity index is 1400. The molecule has 0 saturated heterocycles. The van der Waals surface area contributed by atoms with E-state index >= 15 is 0 Å². The molecule has 0 bridgehead atoms. The van der Waals surface area contributed by atoms with Gasteiger partial charge in [-0.2, -0.15) is 0 Å². The molecule has 1 aliphatic heterocycles. The molecule has 2 N–H and O–H groups in total. The largest absolute Gasteiger partial charge is 0.345 e. The van der Waals surface area contributed by atoms with Gasteiger partial charge in [-0.15, -0.1) is 0 Å². The number of rotatable bonds is 6. The van der Waals surface area contributed by atoms with Crippen molar-refractivity contribution < 1.29 is 9.18 Å². The zero-order chi connectivity index (χ0) is 25.4. The number of carbonyl (C=O) groups is 1. The summed E-state index contributed by atoms with van der Waals surface area (Å²) in [5.74, 6) is 0.300. The number of allylic oxidation sites excluding steroid dienone is 4. The van der Waals surface area contributed by atoms with Crippen molar-refractivity contribution >= 4 is 11.6 Å². The van der Waals surface area contributed by atoms with Crippen molar-refractivity contribution in [3.05, 3.63) is 131 Å². The molecule has 2 aliphatic carbocycles. The van der Waals surface area contributed by atoms with E-state index in [2.05, 4.69) is 47.1 Å². The predicted molar refractivity (Wildman–Crippen MR) is 143 cm³/mol. The highest BCUT2D eigenvalue weighted by atomic mass is 19.1. The molecule has 1 unspecified atom stereocenters. The van der Waals surface area contributed by atoms with Gasteiger partial charge in [-0.05, 0) is 78.8 Å². The SMILES string of the molecule is C[C@H]1C2=CNN(c3ccc(F)cc3)C2=CC2=C1[C@@H](CC(NC(=O)c1ccncc1)c1ccccc1)CC2. The van der Waals surface area contributed by atoms with E-state index in [1.807, 2.05) is 23.2 Å². The van der Waals surface area contributed by atoms with Crippen LogP contribution in [0.1, 0.15) is 48.1 Å². The lowest BCUT2D eigenvalue weighted by Crippen LogP contribution is -2.31. The quantitative estimate of drug-likeness (QED) is 0.428. The number of anilines is 1. The Morgan fingerprint density at radius 1 is 1.11 bits per heavy atom. The molecule has 6 heteroatoms. The summed E-state index contributed by atoms with van der Waals surface area (Å²) in [6, 6.07) is 20.2. The molecule has 6 rings (SSSR count). The predicted octanol–water partition coefficient (Wildman–Crippen LogP) is 6.23. The number of hydrazine groups is 1. The van der Waals surface area contributed by atoms with Crippen LogP contribution in [0.3, 0.4) is 0 Å². The average Bonchev–Trinajstić information content (AvgIpc) is 3.55. The fraction of sp³-hybridized carbons (Fsp3) is 0.226. The molecule has 1 amide bonds. The van der Waals surface area contributed by atoms with Crippen LogP contribution in [-0.4, -0.2) is 10.9 Å². The lowest BCUT2D eigenvalue weighted by molar-refractivity contribution is 0.0931. The van der Waals surface area contributed by atoms with E-state index in [4.69, 9.17) is 0 Å². The first kappa shape index (κ1) is 23.2. The van der Waals surface area contributed by atoms with E-state index < -0.39 is 0 Å². The van der Waals surface area contributed by atoms with Crippen LogP contribution >= 0.6 is 0 Å². The number of pyridine rings is 1. The Hall–Kier alpha value is -4.19. The molecular weight excluding hydrogens is 463 g/mol. The summed E-state index contributed by atoms with van der Waals surface area (Å²) in [6.07, 6.45) is 10.6. The maximum absolute atomic E-state index is 13.5. The monoisotopic (exact) mass is 492 g/mol. The molecule has 0 radical (unpaired) electrons. The molecule has 3 atom stereocenters. The highest BCUT2D eigenvalue weighted by molar-refractivity contribution is 5.94. The maximum atomic E-state index is 13.5. The van der Waals surface area contributed by atoms with Crippen LogP contribution in [-0.2, 0) is 0 Å². The molecule has 2 aromatic carbocycles. The fourth-order valence-corrected chi connectivity index (χ4v) is 5.95. The molecule has 0 spiro atoms. The number of nitrogens with zero attached hydrogens (tertiary/aromatic N) is 2. The van der Waals surface area contributed by atoms with Gasteiger partial charge in [0.25, 0.3) is 5.91 Å². The minimum absolute atomic E-state index is 0.0834. The van der Waals surface area contributed by atoms with E-state index in [-0.39, 0.29) is 23.7 Å². The van der Waals surface area contributed by atoms with Crippen molar-refractivity contribution in [2.24, 2.45) is 11.8 Å². The third-order valence-corrected chi connectivity index (χ3v) is 7.76. The zero-order valence-electron chi connectivity index (χ0n) is 20.7. The summed E-state index contributed by atoms with van der Waals surface area (Å²) in [5, 5.41) is 5.33. The van der Waals surface area contributed by atoms with E-state index in [1.165, 1.54) is 28.9 Å². The van der Waals surface area contributed by atoms with Gasteiger partial charge in [0.15, 0.2) is 0 Å². The van der Waals surface area contributed by atoms with Crippen molar-refractivity contribution in [3.8, 4) is 0 Å². The topological polar surface area (TPSA) is 57.3 Å². The van der Waals surface area contributed by atoms with Crippen LogP contribution in [0.4, 0.5) is 10.1 Å². The van der Waals surface area contributed by atoms with Gasteiger partial charge in [-0.3, -0.25) is 14.8 Å². The zero-order valence-corrected chi connectivity index (χ0v) is 20.7. The lowest BCUT2D eigenvalue weighted by Gasteiger charge is -2.31. The Balaban J connectivity index is 1.27. The first-order chi connectivity index (χ1) is 18.1. The molecule has 5 nitrogen and oxygen atoms in total. The molecule has 2 heterocycles. The standard InChI is InChI=1S/C31H29FN4O/c1-20-27-19-34-36(26-11-9-25(32)10-12-26)29(27)18-24-8-7-23(30(20)24)17-28(21-5-3-2-4-6-21)35-31(37)22-13-15-33-16-14-22/h2-6,9-16,18-20,23,28,34H,7-8,17H2,1H3,(H,35,37)/t20-,23+,28?/m0/s1. The molecular formula is C31H29FN4O. The lowest BCUT2D eigenvalue weighted by atomic mass is 9.78. The number of carbonyl (C=O) groups excluding carboxylic acids is 1. The first-order valence-electron chi connectivity index (χ1n) is 12.8. The fourth-order valence-electron chi connectivity index (χ4n) is 5.95. The normalized spacial score (nSPS) is 21.0. The number of hydrogen-bond acceptors (Lipinski definition) is 4. The molecule has 37 heavy (non-hydrogen) atoms. The van der Waals surface area contributed by atoms with Crippen LogP contribution < -0.4 is 15.8 Å². The van der Waals surface area contributed by atoms with Gasteiger partial charge in [0, 0.05) is 35.6 Å². The first-order valence-corrected chi connectivity index (χ1v) is 12.8. The van der Waals surface area contributed by atoms with Crippen molar-refractivity contribution in [3.63, 3.8) is 0 Å². The van der Waals surface area contributed by atoms with Crippen LogP contribution in [0.25, 0.3) is 0 Å². The molecule has 3 aromatic rings. The van der Waals surface area contributed by atoms with Crippen molar-refractivity contribution in [2.45, 2.75) is 32.2 Å². The highest BCUT2D eigenvalue weighted by Crippen LogP contribution is 2.49. The van der Waals surface area contributed by atoms with Crippen molar-refractivity contribution in [1.82, 2.24) is 15.7 Å². The second kappa shape index (κ2) is 9.69. The summed E-state index contributed by atoms with van der Waals surface area (Å²) in [4.78, 5) is 17.1. The van der Waals surface area contributed by atoms with Crippen LogP contribution in [0, 0.1) is 17.7 Å². The molecule has 186 valence electrons. The van der Waals surface area contributed by atoms with Gasteiger partial charge in [0.05, 0.1) is 17.4 Å². The summed E-state index contributed by atoms with van der Waals surface area (Å²) in [6.45, 7) is 2.27. The van der Waals surface area contributed by atoms with Gasteiger partial charge in [0.1, 0.15) is 5.82 Å². The van der Waals surface area contributed by atoms with Gasteiger partial charge in [-0.1, -0.05) is 42.8 Å². The number of nitrogens with one attached hydrogen (secondary N) is 2. The van der Waals surface area contributed by atoms with Crippen LogP contribution in [0.2, 0.25) is 0 Å². The summed E-state index contributed by atoms with van der Waals surface area (Å²) >= 11 is 0. The molecule has 1 aromatic heterocycles. The Morgan fingerprint density at radius 2 is 1.86 bits per heavy atom. The van der Waals surface area contributed by atoms with E-state index in [1.54, 1.807) is 36.7 Å². The number of fused-ring (bicyclic) bond motifs is 1. The van der Waals surface area contributed by atoms with Crippen molar-refractivity contribution in [2.75, 3.05) is 5.01 Å². The number of halogens is 1. The maximum Gasteiger partial charge on any atom is 0.251 e. The van der Waals surface area contributed by atoms with Crippen LogP contribution in [0.15, 0.2) is 114 Å². The third kappa shape index (κ3) is 4.44. The molecule has 0 saturated carbocycles. The number of benzene rings is 2. The van der Waals surface area contributed by atoms with Gasteiger partial charge in [-0.25, -0.2) is 4.39 Å². The Morgan fingerprint density at radius 3 is 2.62 bits per heavy atom. The minimum Gasteiger partial charge on any atom is -0.345 e. The minimum atomic E-state index is -0.241. The number of amides is 1. The van der Waals surface area contributed by atoms with Gasteiger partial charge >= 0.3 is 0 Å². The second-order valence-electron chi connectivity index (χ2n) is 9.92. The summed E-state index contributed by atoms with van der Waals surface area (Å²) in [5.41, 5.74) is 11.2. The van der Waals surface area contributed by atoms with E-state index in [0.717, 1.165) is 36.2 Å². The van der Waals surface area contributed by atoms with Crippen molar-refractivity contribution in [1.29, 1.82) is 0 Å². The molecule has 3 aliphatic rings. The Kier molecular flexibility index (Phi) is 6.08. The third-order valence-electron chi connectivity index (χ3n) is 7.76. The van der Waals surface area contributed by atoms with E-state index in [9.17, 15) is 9.18 Å². The van der Waals surface area contributed by atoms with Gasteiger partial charge in [0.2, 0.25) is 0 Å². The molecule has 0 fully saturated rings. The van der Waals surface area contributed by atoms with Gasteiger partial charge < -0.3 is 10.7 Å². The highest BCUT2D eigenvalue weighted by Gasteiger charge is 2.39. The smallest absolute Gasteiger partial charge is 0.251 e.